The molecule has 1 N–H and O–H groups in total. The van der Waals surface area contributed by atoms with Crippen LogP contribution in [-0.2, 0) is 0 Å². The summed E-state index contributed by atoms with van der Waals surface area (Å²) in [6.07, 6.45) is 4.67. The first-order valence-electron chi connectivity index (χ1n) is 9.33. The highest BCUT2D eigenvalue weighted by atomic mass is 19.1. The van der Waals surface area contributed by atoms with Crippen molar-refractivity contribution in [3.8, 4) is 11.3 Å². The molecule has 2 heterocycles. The number of hydrogen-bond acceptors (Lipinski definition) is 3. The van der Waals surface area contributed by atoms with E-state index < -0.39 is 0 Å². The summed E-state index contributed by atoms with van der Waals surface area (Å²) in [7, 11) is 0. The fourth-order valence-corrected chi connectivity index (χ4v) is 3.36. The van der Waals surface area contributed by atoms with Gasteiger partial charge >= 0.3 is 0 Å². The zero-order valence-electron chi connectivity index (χ0n) is 15.4. The minimum atomic E-state index is -0.296. The third-order valence-corrected chi connectivity index (χ3v) is 5.22. The van der Waals surface area contributed by atoms with Crippen molar-refractivity contribution in [2.24, 2.45) is 0 Å². The number of piperidine rings is 1. The molecule has 2 aromatic rings. The van der Waals surface area contributed by atoms with Crippen molar-refractivity contribution in [2.45, 2.75) is 45.2 Å². The van der Waals surface area contributed by atoms with Gasteiger partial charge in [-0.25, -0.2) is 4.39 Å². The van der Waals surface area contributed by atoms with Gasteiger partial charge < -0.3 is 10.2 Å². The van der Waals surface area contributed by atoms with Gasteiger partial charge in [0.2, 0.25) is 0 Å². The lowest BCUT2D eigenvalue weighted by Crippen LogP contribution is -2.47. The number of benzene rings is 1. The molecule has 0 aliphatic carbocycles. The molecule has 0 spiro atoms. The highest BCUT2D eigenvalue weighted by Gasteiger charge is 2.23. The number of likely N-dealkylation sites (tertiary alicyclic amines) is 1. The summed E-state index contributed by atoms with van der Waals surface area (Å²) in [5.41, 5.74) is 1.90. The summed E-state index contributed by atoms with van der Waals surface area (Å²) in [5, 5.41) is 3.12. The number of hydrogen-bond donors (Lipinski definition) is 1. The molecule has 0 saturated carbocycles. The van der Waals surface area contributed by atoms with Crippen LogP contribution in [0.1, 0.15) is 43.5 Å². The molecule has 1 atom stereocenters. The Labute approximate surface area is 154 Å². The van der Waals surface area contributed by atoms with Gasteiger partial charge in [-0.3, -0.25) is 9.78 Å². The smallest absolute Gasteiger partial charge is 0.253 e. The molecule has 1 aliphatic rings. The van der Waals surface area contributed by atoms with Crippen LogP contribution < -0.4 is 5.32 Å². The van der Waals surface area contributed by atoms with Crippen LogP contribution in [0.3, 0.4) is 0 Å². The molecular weight excluding hydrogens is 329 g/mol. The lowest BCUT2D eigenvalue weighted by atomic mass is 10.0. The Morgan fingerprint density at radius 3 is 2.69 bits per heavy atom. The van der Waals surface area contributed by atoms with Gasteiger partial charge in [-0.2, -0.15) is 0 Å². The Morgan fingerprint density at radius 1 is 1.31 bits per heavy atom. The molecule has 26 heavy (non-hydrogen) atoms. The molecule has 138 valence electrons. The molecule has 4 nitrogen and oxygen atoms in total. The highest BCUT2D eigenvalue weighted by molar-refractivity contribution is 5.94. The van der Waals surface area contributed by atoms with E-state index in [-0.39, 0.29) is 17.8 Å². The number of nitrogens with zero attached hydrogens (tertiary/aromatic N) is 2. The van der Waals surface area contributed by atoms with E-state index in [4.69, 9.17) is 0 Å². The molecule has 1 aromatic heterocycles. The number of nitrogens with one attached hydrogen (secondary N) is 1. The van der Waals surface area contributed by atoms with Crippen molar-refractivity contribution < 1.29 is 9.18 Å². The van der Waals surface area contributed by atoms with E-state index in [1.165, 1.54) is 12.1 Å². The predicted octanol–water partition coefficient (Wildman–Crippen LogP) is 3.88. The Balaban J connectivity index is 1.57. The molecule has 1 unspecified atom stereocenters. The van der Waals surface area contributed by atoms with Crippen LogP contribution in [-0.4, -0.2) is 41.0 Å². The number of pyridine rings is 1. The lowest BCUT2D eigenvalue weighted by molar-refractivity contribution is 0.0894. The van der Waals surface area contributed by atoms with Crippen LogP contribution in [0.15, 0.2) is 42.6 Å². The number of carbonyl (C=O) groups excluding carboxylic acids is 1. The van der Waals surface area contributed by atoms with Crippen LogP contribution >= 0.6 is 0 Å². The van der Waals surface area contributed by atoms with Crippen molar-refractivity contribution in [1.82, 2.24) is 15.2 Å². The molecule has 1 aliphatic heterocycles. The molecule has 5 heteroatoms. The second-order valence-electron chi connectivity index (χ2n) is 6.98. The zero-order chi connectivity index (χ0) is 18.5. The number of aromatic nitrogens is 1. The minimum absolute atomic E-state index is 0.0923. The molecule has 1 saturated heterocycles. The maximum Gasteiger partial charge on any atom is 0.253 e. The second-order valence-corrected chi connectivity index (χ2v) is 6.98. The third-order valence-electron chi connectivity index (χ3n) is 5.22. The molecular formula is C21H26FN3O. The monoisotopic (exact) mass is 355 g/mol. The molecule has 1 fully saturated rings. The van der Waals surface area contributed by atoms with E-state index in [0.717, 1.165) is 32.4 Å². The summed E-state index contributed by atoms with van der Waals surface area (Å²) in [4.78, 5) is 19.3. The van der Waals surface area contributed by atoms with E-state index in [0.29, 0.717) is 22.9 Å². The van der Waals surface area contributed by atoms with Gasteiger partial charge in [-0.1, -0.05) is 19.1 Å². The Bertz CT molecular complexity index is 739. The summed E-state index contributed by atoms with van der Waals surface area (Å²) in [5.74, 6) is -0.389. The SMILES string of the molecule is CCC(C)N1CCC(NC(=O)c2ccc(-c3cccc(F)c3)nc2)CC1. The van der Waals surface area contributed by atoms with Gasteiger partial charge in [0.25, 0.3) is 5.91 Å². The first-order chi connectivity index (χ1) is 12.6. The van der Waals surface area contributed by atoms with Crippen molar-refractivity contribution >= 4 is 5.91 Å². The molecule has 0 radical (unpaired) electrons. The fourth-order valence-electron chi connectivity index (χ4n) is 3.36. The summed E-state index contributed by atoms with van der Waals surface area (Å²) >= 11 is 0. The van der Waals surface area contributed by atoms with E-state index in [1.54, 1.807) is 30.5 Å². The van der Waals surface area contributed by atoms with E-state index in [9.17, 15) is 9.18 Å². The molecule has 1 aromatic carbocycles. The van der Waals surface area contributed by atoms with E-state index in [2.05, 4.69) is 29.0 Å². The van der Waals surface area contributed by atoms with Gasteiger partial charge in [-0.15, -0.1) is 0 Å². The van der Waals surface area contributed by atoms with Crippen LogP contribution in [0.4, 0.5) is 4.39 Å². The maximum absolute atomic E-state index is 13.3. The molecule has 0 bridgehead atoms. The summed E-state index contributed by atoms with van der Waals surface area (Å²) in [6, 6.07) is 10.6. The minimum Gasteiger partial charge on any atom is -0.349 e. The van der Waals surface area contributed by atoms with Gasteiger partial charge in [0.1, 0.15) is 5.82 Å². The van der Waals surface area contributed by atoms with Crippen molar-refractivity contribution in [1.29, 1.82) is 0 Å². The van der Waals surface area contributed by atoms with Crippen LogP contribution in [0.25, 0.3) is 11.3 Å². The third kappa shape index (κ3) is 4.47. The number of rotatable bonds is 5. The maximum atomic E-state index is 13.3. The second kappa shape index (κ2) is 8.41. The lowest BCUT2D eigenvalue weighted by Gasteiger charge is -2.35. The first kappa shape index (κ1) is 18.5. The van der Waals surface area contributed by atoms with Gasteiger partial charge in [0.15, 0.2) is 0 Å². The van der Waals surface area contributed by atoms with Gasteiger partial charge in [0.05, 0.1) is 11.3 Å². The van der Waals surface area contributed by atoms with Crippen LogP contribution in [0.5, 0.6) is 0 Å². The van der Waals surface area contributed by atoms with E-state index >= 15 is 0 Å². The number of carbonyl (C=O) groups is 1. The summed E-state index contributed by atoms with van der Waals surface area (Å²) in [6.45, 7) is 6.51. The standard InChI is InChI=1S/C21H26FN3O/c1-3-15(2)25-11-9-19(10-12-25)24-21(26)17-7-8-20(23-14-17)16-5-4-6-18(22)13-16/h4-8,13-15,19H,3,9-12H2,1-2H3,(H,24,26). The van der Waals surface area contributed by atoms with Crippen LogP contribution in [0.2, 0.25) is 0 Å². The summed E-state index contributed by atoms with van der Waals surface area (Å²) < 4.78 is 13.3. The van der Waals surface area contributed by atoms with Crippen LogP contribution in [0, 0.1) is 5.82 Å². The number of halogens is 1. The van der Waals surface area contributed by atoms with Crippen molar-refractivity contribution in [3.63, 3.8) is 0 Å². The zero-order valence-corrected chi connectivity index (χ0v) is 15.4. The van der Waals surface area contributed by atoms with E-state index in [1.807, 2.05) is 0 Å². The first-order valence-corrected chi connectivity index (χ1v) is 9.33. The highest BCUT2D eigenvalue weighted by Crippen LogP contribution is 2.19. The predicted molar refractivity (Wildman–Crippen MR) is 101 cm³/mol. The Hall–Kier alpha value is -2.27. The average Bonchev–Trinajstić information content (AvgIpc) is 2.68. The Morgan fingerprint density at radius 2 is 2.08 bits per heavy atom. The average molecular weight is 355 g/mol. The number of amides is 1. The normalized spacial score (nSPS) is 17.0. The topological polar surface area (TPSA) is 45.2 Å². The Kier molecular flexibility index (Phi) is 5.99. The largest absolute Gasteiger partial charge is 0.349 e. The molecule has 1 amide bonds. The molecule has 3 rings (SSSR count). The van der Waals surface area contributed by atoms with Crippen molar-refractivity contribution in [2.75, 3.05) is 13.1 Å². The van der Waals surface area contributed by atoms with Gasteiger partial charge in [-0.05, 0) is 50.5 Å². The van der Waals surface area contributed by atoms with Crippen molar-refractivity contribution in [3.05, 3.63) is 54.0 Å². The van der Waals surface area contributed by atoms with Gasteiger partial charge in [0, 0.05) is 36.9 Å². The fraction of sp³-hybridized carbons (Fsp3) is 0.429. The quantitative estimate of drug-likeness (QED) is 0.885.